The van der Waals surface area contributed by atoms with Gasteiger partial charge in [0.2, 0.25) is 0 Å². The third kappa shape index (κ3) is 7.81. The maximum Gasteiger partial charge on any atom is 0.278 e. The molecule has 2 aliphatic heterocycles. The molecule has 202 valence electrons. The molecule has 1 N–H and O–H groups in total. The average molecular weight is 549 g/mol. The van der Waals surface area contributed by atoms with Crippen LogP contribution in [0.3, 0.4) is 0 Å². The van der Waals surface area contributed by atoms with E-state index in [2.05, 4.69) is 32.2 Å². The molecule has 2 aliphatic rings. The zero-order valence-electron chi connectivity index (χ0n) is 21.6. The van der Waals surface area contributed by atoms with E-state index in [1.54, 1.807) is 31.4 Å². The van der Waals surface area contributed by atoms with E-state index in [-0.39, 0.29) is 22.3 Å². The largest absolute Gasteiger partial charge is 0.385 e. The monoisotopic (exact) mass is 548 g/mol. The molecule has 0 atom stereocenters. The van der Waals surface area contributed by atoms with Gasteiger partial charge in [0.05, 0.1) is 10.6 Å². The minimum absolute atomic E-state index is 0.00983. The van der Waals surface area contributed by atoms with Crippen LogP contribution in [0.2, 0.25) is 0 Å². The number of amides is 1. The van der Waals surface area contributed by atoms with Gasteiger partial charge in [-0.3, -0.25) is 20.0 Å². The van der Waals surface area contributed by atoms with Crippen molar-refractivity contribution in [1.82, 2.24) is 19.8 Å². The fourth-order valence-corrected chi connectivity index (χ4v) is 6.46. The molecule has 0 spiro atoms. The molecule has 0 saturated carbocycles. The molecule has 2 aromatic rings. The Morgan fingerprint density at radius 2 is 1.81 bits per heavy atom. The second kappa shape index (κ2) is 12.9. The number of piperazine rings is 1. The van der Waals surface area contributed by atoms with E-state index in [0.717, 1.165) is 63.5 Å². The maximum atomic E-state index is 13.3. The number of methoxy groups -OCH3 is 1. The van der Waals surface area contributed by atoms with Crippen LogP contribution in [0.4, 0.5) is 5.13 Å². The summed E-state index contributed by atoms with van der Waals surface area (Å²) in [5.41, 5.74) is 0.815. The molecule has 3 heterocycles. The van der Waals surface area contributed by atoms with Gasteiger partial charge < -0.3 is 9.64 Å². The van der Waals surface area contributed by atoms with Gasteiger partial charge in [-0.25, -0.2) is 13.4 Å². The topological polar surface area (TPSA) is 107 Å². The van der Waals surface area contributed by atoms with Gasteiger partial charge in [0, 0.05) is 76.2 Å². The van der Waals surface area contributed by atoms with Crippen LogP contribution in [0.15, 0.2) is 40.5 Å². The molecule has 12 heteroatoms. The summed E-state index contributed by atoms with van der Waals surface area (Å²) in [5, 5.41) is 9.97. The molecule has 1 amide bonds. The van der Waals surface area contributed by atoms with Crippen molar-refractivity contribution in [3.63, 3.8) is 0 Å². The Morgan fingerprint density at radius 1 is 1.11 bits per heavy atom. The molecule has 4 rings (SSSR count). The molecule has 2 saturated heterocycles. The zero-order chi connectivity index (χ0) is 26.3. The minimum Gasteiger partial charge on any atom is -0.385 e. The van der Waals surface area contributed by atoms with Crippen LogP contribution in [0, 0.1) is 0 Å². The normalized spacial score (nSPS) is 17.9. The number of hydrogen-bond acceptors (Lipinski definition) is 10. The Labute approximate surface area is 223 Å². The standard InChI is InChI=1S/C25H36N6O4S2/c1-29-12-14-30(15-13-29)19-21-18-26-25(36-21)27-24(32)23(28-31-10-3-4-11-31)20-6-8-22(9-7-20)37(33,34)17-5-16-35-2/h6-9,18H,3-5,10-17,19H2,1-2H3,(H,26,27,32)/b28-23+. The van der Waals surface area contributed by atoms with Crippen molar-refractivity contribution in [2.45, 2.75) is 30.7 Å². The van der Waals surface area contributed by atoms with Gasteiger partial charge in [0.25, 0.3) is 5.91 Å². The Hall–Kier alpha value is -2.38. The predicted molar refractivity (Wildman–Crippen MR) is 146 cm³/mol. The Morgan fingerprint density at radius 3 is 2.49 bits per heavy atom. The molecule has 10 nitrogen and oxygen atoms in total. The van der Waals surface area contributed by atoms with E-state index in [1.807, 2.05) is 11.2 Å². The number of hydrogen-bond donors (Lipinski definition) is 1. The number of nitrogens with one attached hydrogen (secondary N) is 1. The number of carbonyl (C=O) groups is 1. The second-order valence-corrected chi connectivity index (χ2v) is 12.7. The summed E-state index contributed by atoms with van der Waals surface area (Å²) in [6.07, 6.45) is 4.30. The fraction of sp³-hybridized carbons (Fsp3) is 0.560. The van der Waals surface area contributed by atoms with E-state index >= 15 is 0 Å². The second-order valence-electron chi connectivity index (χ2n) is 9.46. The first-order chi connectivity index (χ1) is 17.8. The van der Waals surface area contributed by atoms with Crippen molar-refractivity contribution in [1.29, 1.82) is 0 Å². The van der Waals surface area contributed by atoms with Crippen LogP contribution >= 0.6 is 11.3 Å². The number of rotatable bonds is 11. The summed E-state index contributed by atoms with van der Waals surface area (Å²) in [6, 6.07) is 6.39. The number of likely N-dealkylation sites (N-methyl/N-ethyl adjacent to an activating group) is 1. The highest BCUT2D eigenvalue weighted by atomic mass is 32.2. The summed E-state index contributed by atoms with van der Waals surface area (Å²) < 4.78 is 30.2. The summed E-state index contributed by atoms with van der Waals surface area (Å²) in [7, 11) is 0.258. The fourth-order valence-electron chi connectivity index (χ4n) is 4.33. The first-order valence-electron chi connectivity index (χ1n) is 12.7. The molecule has 0 radical (unpaired) electrons. The minimum atomic E-state index is -3.42. The molecule has 1 aromatic carbocycles. The molecule has 37 heavy (non-hydrogen) atoms. The number of nitrogens with zero attached hydrogens (tertiary/aromatic N) is 5. The number of ether oxygens (including phenoxy) is 1. The number of sulfone groups is 1. The number of aromatic nitrogens is 1. The van der Waals surface area contributed by atoms with Crippen LogP contribution in [0.25, 0.3) is 0 Å². The predicted octanol–water partition coefficient (Wildman–Crippen LogP) is 2.14. The van der Waals surface area contributed by atoms with Gasteiger partial charge in [-0.1, -0.05) is 12.1 Å². The highest BCUT2D eigenvalue weighted by molar-refractivity contribution is 7.91. The summed E-state index contributed by atoms with van der Waals surface area (Å²) in [4.78, 5) is 23.8. The maximum absolute atomic E-state index is 13.3. The highest BCUT2D eigenvalue weighted by Gasteiger charge is 2.22. The molecular weight excluding hydrogens is 512 g/mol. The van der Waals surface area contributed by atoms with Gasteiger partial charge in [0.1, 0.15) is 0 Å². The van der Waals surface area contributed by atoms with E-state index in [0.29, 0.717) is 23.7 Å². The molecule has 0 unspecified atom stereocenters. The molecule has 1 aromatic heterocycles. The van der Waals surface area contributed by atoms with Crippen molar-refractivity contribution in [3.05, 3.63) is 40.9 Å². The van der Waals surface area contributed by atoms with E-state index in [1.165, 1.54) is 11.3 Å². The SMILES string of the molecule is COCCCS(=O)(=O)c1ccc(/C(=N\N2CCCC2)C(=O)Nc2ncc(CN3CCN(C)CC3)s2)cc1. The van der Waals surface area contributed by atoms with Crippen molar-refractivity contribution < 1.29 is 17.9 Å². The number of carbonyl (C=O) groups excluding carboxylic acids is 1. The van der Waals surface area contributed by atoms with Gasteiger partial charge in [-0.2, -0.15) is 5.10 Å². The molecule has 0 bridgehead atoms. The van der Waals surface area contributed by atoms with Crippen molar-refractivity contribution in [2.24, 2.45) is 5.10 Å². The number of hydrazone groups is 1. The van der Waals surface area contributed by atoms with E-state index < -0.39 is 9.84 Å². The Kier molecular flexibility index (Phi) is 9.65. The lowest BCUT2D eigenvalue weighted by molar-refractivity contribution is -0.110. The van der Waals surface area contributed by atoms with Crippen LogP contribution in [-0.4, -0.2) is 106 Å². The lowest BCUT2D eigenvalue weighted by Crippen LogP contribution is -2.43. The third-order valence-electron chi connectivity index (χ3n) is 6.54. The van der Waals surface area contributed by atoms with Crippen LogP contribution < -0.4 is 5.32 Å². The van der Waals surface area contributed by atoms with Crippen molar-refractivity contribution in [3.8, 4) is 0 Å². The quantitative estimate of drug-likeness (QED) is 0.336. The van der Waals surface area contributed by atoms with Crippen LogP contribution in [-0.2, 0) is 25.9 Å². The van der Waals surface area contributed by atoms with Gasteiger partial charge in [-0.15, -0.1) is 11.3 Å². The zero-order valence-corrected chi connectivity index (χ0v) is 23.2. The number of anilines is 1. The first-order valence-corrected chi connectivity index (χ1v) is 15.1. The first kappa shape index (κ1) is 27.6. The van der Waals surface area contributed by atoms with Crippen LogP contribution in [0.5, 0.6) is 0 Å². The highest BCUT2D eigenvalue weighted by Crippen LogP contribution is 2.22. The number of thiazole rings is 1. The third-order valence-corrected chi connectivity index (χ3v) is 9.25. The summed E-state index contributed by atoms with van der Waals surface area (Å²) >= 11 is 1.47. The lowest BCUT2D eigenvalue weighted by atomic mass is 10.1. The lowest BCUT2D eigenvalue weighted by Gasteiger charge is -2.31. The van der Waals surface area contributed by atoms with Gasteiger partial charge >= 0.3 is 0 Å². The molecular formula is C25H36N6O4S2. The van der Waals surface area contributed by atoms with Crippen molar-refractivity contribution in [2.75, 3.05) is 71.1 Å². The molecule has 2 fully saturated rings. The molecule has 0 aliphatic carbocycles. The number of benzene rings is 1. The Bertz CT molecular complexity index is 1170. The summed E-state index contributed by atoms with van der Waals surface area (Å²) in [6.45, 7) is 6.90. The van der Waals surface area contributed by atoms with Crippen LogP contribution in [0.1, 0.15) is 29.7 Å². The Balaban J connectivity index is 1.46. The smallest absolute Gasteiger partial charge is 0.278 e. The van der Waals surface area contributed by atoms with E-state index in [4.69, 9.17) is 4.74 Å². The van der Waals surface area contributed by atoms with E-state index in [9.17, 15) is 13.2 Å². The summed E-state index contributed by atoms with van der Waals surface area (Å²) in [5.74, 6) is -0.348. The van der Waals surface area contributed by atoms with Gasteiger partial charge in [-0.05, 0) is 38.4 Å². The average Bonchev–Trinajstić information content (AvgIpc) is 3.56. The van der Waals surface area contributed by atoms with Crippen molar-refractivity contribution >= 4 is 37.9 Å². The van der Waals surface area contributed by atoms with Gasteiger partial charge in [0.15, 0.2) is 20.7 Å².